The molecule has 154 valence electrons. The van der Waals surface area contributed by atoms with Crippen LogP contribution in [-0.4, -0.2) is 18.2 Å². The van der Waals surface area contributed by atoms with Gasteiger partial charge in [0.1, 0.15) is 28.6 Å². The number of hydrogen-bond donors (Lipinski definition) is 1. The number of carbonyl (C=O) groups is 2. The van der Waals surface area contributed by atoms with Crippen LogP contribution in [0.15, 0.2) is 63.8 Å². The van der Waals surface area contributed by atoms with E-state index >= 15 is 0 Å². The summed E-state index contributed by atoms with van der Waals surface area (Å²) >= 11 is 0. The predicted octanol–water partition coefficient (Wildman–Crippen LogP) is 2.94. The maximum Gasteiger partial charge on any atom is 0.247 e. The Morgan fingerprint density at radius 3 is 2.84 bits per heavy atom. The molecule has 3 aliphatic heterocycles. The van der Waals surface area contributed by atoms with Crippen LogP contribution in [0.4, 0.5) is 5.69 Å². The zero-order valence-electron chi connectivity index (χ0n) is 16.7. The molecule has 7 heteroatoms. The number of nitrogens with two attached hydrogens (primary N) is 1. The zero-order chi connectivity index (χ0) is 21.3. The molecule has 1 aromatic heterocycles. The van der Waals surface area contributed by atoms with Crippen LogP contribution in [0.1, 0.15) is 42.1 Å². The Kier molecular flexibility index (Phi) is 3.55. The average Bonchev–Trinajstić information content (AvgIpc) is 3.38. The highest BCUT2D eigenvalue weighted by Crippen LogP contribution is 2.58. The number of benzene rings is 1. The van der Waals surface area contributed by atoms with Crippen molar-refractivity contribution in [3.8, 4) is 6.07 Å². The molecule has 0 saturated heterocycles. The van der Waals surface area contributed by atoms with Crippen LogP contribution in [0.5, 0.6) is 0 Å². The fourth-order valence-electron chi connectivity index (χ4n) is 5.71. The first-order valence-corrected chi connectivity index (χ1v) is 10.4. The van der Waals surface area contributed by atoms with E-state index in [4.69, 9.17) is 14.9 Å². The molecule has 1 aliphatic carbocycles. The first kappa shape index (κ1) is 18.0. The summed E-state index contributed by atoms with van der Waals surface area (Å²) in [7, 11) is 0. The van der Waals surface area contributed by atoms with E-state index in [0.29, 0.717) is 30.0 Å². The summed E-state index contributed by atoms with van der Waals surface area (Å²) in [6.07, 6.45) is 3.80. The number of para-hydroxylation sites is 1. The van der Waals surface area contributed by atoms with Gasteiger partial charge in [0.15, 0.2) is 5.78 Å². The van der Waals surface area contributed by atoms with Gasteiger partial charge in [-0.25, -0.2) is 0 Å². The van der Waals surface area contributed by atoms with Gasteiger partial charge in [-0.3, -0.25) is 9.59 Å². The predicted molar refractivity (Wildman–Crippen MR) is 109 cm³/mol. The first-order chi connectivity index (χ1) is 15.1. The van der Waals surface area contributed by atoms with Gasteiger partial charge in [-0.1, -0.05) is 18.2 Å². The van der Waals surface area contributed by atoms with Gasteiger partial charge in [-0.15, -0.1) is 0 Å². The van der Waals surface area contributed by atoms with Crippen molar-refractivity contribution in [3.63, 3.8) is 0 Å². The Hall–Kier alpha value is -3.79. The number of nitrogens with zero attached hydrogens (tertiary/aromatic N) is 2. The summed E-state index contributed by atoms with van der Waals surface area (Å²) < 4.78 is 11.4. The lowest BCUT2D eigenvalue weighted by Crippen LogP contribution is -2.49. The van der Waals surface area contributed by atoms with Crippen LogP contribution in [0.25, 0.3) is 0 Å². The van der Waals surface area contributed by atoms with Gasteiger partial charge in [0.25, 0.3) is 0 Å². The molecule has 0 fully saturated rings. The Labute approximate surface area is 178 Å². The molecule has 1 amide bonds. The Morgan fingerprint density at radius 2 is 2.06 bits per heavy atom. The summed E-state index contributed by atoms with van der Waals surface area (Å²) in [5.41, 5.74) is 7.47. The van der Waals surface area contributed by atoms with E-state index in [0.717, 1.165) is 24.1 Å². The summed E-state index contributed by atoms with van der Waals surface area (Å²) in [6.45, 7) is 0.551. The third kappa shape index (κ3) is 2.12. The lowest BCUT2D eigenvalue weighted by atomic mass is 9.64. The van der Waals surface area contributed by atoms with Crippen molar-refractivity contribution in [2.24, 2.45) is 5.73 Å². The number of carbonyl (C=O) groups excluding carboxylic acids is 2. The fourth-order valence-corrected chi connectivity index (χ4v) is 5.71. The molecule has 31 heavy (non-hydrogen) atoms. The van der Waals surface area contributed by atoms with E-state index in [-0.39, 0.29) is 41.1 Å². The zero-order valence-corrected chi connectivity index (χ0v) is 16.7. The van der Waals surface area contributed by atoms with E-state index in [1.807, 2.05) is 24.3 Å². The van der Waals surface area contributed by atoms with Crippen molar-refractivity contribution in [3.05, 3.63) is 76.3 Å². The second-order valence-electron chi connectivity index (χ2n) is 8.42. The number of fused-ring (bicyclic) bond motifs is 2. The normalized spacial score (nSPS) is 26.7. The van der Waals surface area contributed by atoms with E-state index < -0.39 is 5.41 Å². The molecule has 7 nitrogen and oxygen atoms in total. The molecule has 0 unspecified atom stereocenters. The molecular weight excluding hydrogens is 394 g/mol. The van der Waals surface area contributed by atoms with Crippen molar-refractivity contribution in [1.82, 2.24) is 0 Å². The number of amides is 1. The molecule has 2 aromatic rings. The number of ketones is 1. The van der Waals surface area contributed by atoms with Gasteiger partial charge in [0.2, 0.25) is 11.8 Å². The monoisotopic (exact) mass is 413 g/mol. The van der Waals surface area contributed by atoms with Gasteiger partial charge in [-0.05, 0) is 30.5 Å². The second-order valence-corrected chi connectivity index (χ2v) is 8.42. The van der Waals surface area contributed by atoms with Crippen LogP contribution < -0.4 is 10.6 Å². The SMILES string of the molecule is N#CC1=C(N)OC2=C(C(=O)C[C@H](c3ccco3)C2)[C@@]12C(=O)N1CCCc3cccc2c31. The van der Waals surface area contributed by atoms with Crippen molar-refractivity contribution in [2.45, 2.75) is 37.0 Å². The molecule has 0 saturated carbocycles. The molecule has 1 spiro atoms. The maximum atomic E-state index is 14.0. The minimum absolute atomic E-state index is 0.00356. The Balaban J connectivity index is 1.63. The van der Waals surface area contributed by atoms with Crippen LogP contribution >= 0.6 is 0 Å². The van der Waals surface area contributed by atoms with Crippen molar-refractivity contribution in [1.29, 1.82) is 5.26 Å². The highest BCUT2D eigenvalue weighted by atomic mass is 16.5. The van der Waals surface area contributed by atoms with Crippen LogP contribution in [-0.2, 0) is 26.2 Å². The topological polar surface area (TPSA) is 110 Å². The average molecular weight is 413 g/mol. The number of hydrogen-bond acceptors (Lipinski definition) is 6. The molecule has 6 rings (SSSR count). The quantitative estimate of drug-likeness (QED) is 0.770. The number of allylic oxidation sites excluding steroid dienone is 1. The molecule has 2 N–H and O–H groups in total. The van der Waals surface area contributed by atoms with E-state index in [1.54, 1.807) is 17.2 Å². The van der Waals surface area contributed by atoms with Gasteiger partial charge in [-0.2, -0.15) is 5.26 Å². The van der Waals surface area contributed by atoms with Crippen molar-refractivity contribution in [2.75, 3.05) is 11.4 Å². The maximum absolute atomic E-state index is 14.0. The number of nitriles is 1. The smallest absolute Gasteiger partial charge is 0.247 e. The molecule has 0 bridgehead atoms. The third-order valence-corrected chi connectivity index (χ3v) is 6.90. The molecule has 4 aliphatic rings. The summed E-state index contributed by atoms with van der Waals surface area (Å²) in [6, 6.07) is 11.4. The van der Waals surface area contributed by atoms with Crippen molar-refractivity contribution >= 4 is 17.4 Å². The summed E-state index contributed by atoms with van der Waals surface area (Å²) in [5, 5.41) is 10.1. The minimum Gasteiger partial charge on any atom is -0.469 e. The highest BCUT2D eigenvalue weighted by molar-refractivity contribution is 6.20. The van der Waals surface area contributed by atoms with Gasteiger partial charge in [0.05, 0.1) is 17.5 Å². The van der Waals surface area contributed by atoms with Crippen LogP contribution in [0, 0.1) is 11.3 Å². The minimum atomic E-state index is -1.53. The largest absolute Gasteiger partial charge is 0.469 e. The molecular formula is C24H19N3O4. The van der Waals surface area contributed by atoms with E-state index in [1.165, 1.54) is 0 Å². The number of ether oxygens (including phenoxy) is 1. The van der Waals surface area contributed by atoms with Gasteiger partial charge < -0.3 is 19.8 Å². The molecule has 0 radical (unpaired) electrons. The number of rotatable bonds is 1. The fraction of sp³-hybridized carbons (Fsp3) is 0.292. The Morgan fingerprint density at radius 1 is 1.19 bits per heavy atom. The number of anilines is 1. The van der Waals surface area contributed by atoms with E-state index in [9.17, 15) is 14.9 Å². The number of aryl methyl sites for hydroxylation is 1. The van der Waals surface area contributed by atoms with Crippen LogP contribution in [0.3, 0.4) is 0 Å². The lowest BCUT2D eigenvalue weighted by molar-refractivity contribution is -0.125. The number of furan rings is 1. The standard InChI is InChI=1S/C24H19N3O4/c25-12-16-22(26)31-19-11-14(18-7-3-9-30-18)10-17(28)20(19)24(16)15-6-1-4-13-5-2-8-27(21(13)15)23(24)29/h1,3-4,6-7,9,14H,2,5,8,10-11,26H2/t14-,24-/m0/s1. The highest BCUT2D eigenvalue weighted by Gasteiger charge is 2.63. The molecule has 2 atom stereocenters. The summed E-state index contributed by atoms with van der Waals surface area (Å²) in [4.78, 5) is 29.3. The van der Waals surface area contributed by atoms with Crippen LogP contribution in [0.2, 0.25) is 0 Å². The van der Waals surface area contributed by atoms with Gasteiger partial charge >= 0.3 is 0 Å². The Bertz CT molecular complexity index is 1260. The lowest BCUT2D eigenvalue weighted by Gasteiger charge is -2.39. The number of Topliss-reactive ketones (excluding diaryl/α,β-unsaturated/α-hetero) is 1. The van der Waals surface area contributed by atoms with Crippen molar-refractivity contribution < 1.29 is 18.7 Å². The molecule has 1 aromatic carbocycles. The first-order valence-electron chi connectivity index (χ1n) is 10.4. The second kappa shape index (κ2) is 6.11. The molecule has 4 heterocycles. The van der Waals surface area contributed by atoms with E-state index in [2.05, 4.69) is 6.07 Å². The van der Waals surface area contributed by atoms with Gasteiger partial charge in [0, 0.05) is 30.9 Å². The summed E-state index contributed by atoms with van der Waals surface area (Å²) in [5.74, 6) is 0.235. The third-order valence-electron chi connectivity index (χ3n) is 6.90.